The molecule has 0 aliphatic rings. The third-order valence-electron chi connectivity index (χ3n) is 2.47. The number of rotatable bonds is 4. The van der Waals surface area contributed by atoms with Crippen LogP contribution < -0.4 is 14.2 Å². The average molecular weight is 250 g/mol. The fourth-order valence-corrected chi connectivity index (χ4v) is 2.38. The third kappa shape index (κ3) is 2.22. The van der Waals surface area contributed by atoms with Gasteiger partial charge >= 0.3 is 0 Å². The molecule has 4 heteroatoms. The van der Waals surface area contributed by atoms with E-state index in [-0.39, 0.29) is 0 Å². The second kappa shape index (κ2) is 5.10. The van der Waals surface area contributed by atoms with E-state index in [1.165, 1.54) is 4.88 Å². The lowest BCUT2D eigenvalue weighted by atomic mass is 10.1. The number of methoxy groups -OCH3 is 3. The van der Waals surface area contributed by atoms with Crippen molar-refractivity contribution in [3.63, 3.8) is 0 Å². The molecule has 0 amide bonds. The van der Waals surface area contributed by atoms with Crippen LogP contribution in [0, 0.1) is 0 Å². The summed E-state index contributed by atoms with van der Waals surface area (Å²) in [6, 6.07) is 7.98. The zero-order chi connectivity index (χ0) is 12.3. The summed E-state index contributed by atoms with van der Waals surface area (Å²) in [6.45, 7) is 0. The molecule has 0 fully saturated rings. The first-order chi connectivity index (χ1) is 8.30. The molecule has 0 aliphatic heterocycles. The van der Waals surface area contributed by atoms with Crippen LogP contribution in [-0.2, 0) is 0 Å². The molecule has 0 bridgehead atoms. The molecular formula is C13H14O3S. The molecule has 0 aliphatic carbocycles. The molecule has 0 saturated carbocycles. The molecule has 90 valence electrons. The van der Waals surface area contributed by atoms with Crippen LogP contribution in [0.5, 0.6) is 17.2 Å². The molecule has 2 rings (SSSR count). The standard InChI is InChI=1S/C13H14O3S/c1-14-10-7-9(12-5-4-6-17-12)8-11(15-2)13(10)16-3/h4-8H,1-3H3. The number of benzene rings is 1. The van der Waals surface area contributed by atoms with Crippen molar-refractivity contribution in [3.8, 4) is 27.7 Å². The Morgan fingerprint density at radius 1 is 0.941 bits per heavy atom. The lowest BCUT2D eigenvalue weighted by Gasteiger charge is -2.13. The third-order valence-corrected chi connectivity index (χ3v) is 3.39. The van der Waals surface area contributed by atoms with Crippen LogP contribution in [0.4, 0.5) is 0 Å². The predicted molar refractivity (Wildman–Crippen MR) is 69.4 cm³/mol. The van der Waals surface area contributed by atoms with Crippen LogP contribution in [-0.4, -0.2) is 21.3 Å². The van der Waals surface area contributed by atoms with Gasteiger partial charge < -0.3 is 14.2 Å². The normalized spacial score (nSPS) is 10.1. The van der Waals surface area contributed by atoms with Gasteiger partial charge in [-0.05, 0) is 29.1 Å². The number of ether oxygens (including phenoxy) is 3. The Morgan fingerprint density at radius 2 is 1.59 bits per heavy atom. The molecule has 0 spiro atoms. The smallest absolute Gasteiger partial charge is 0.203 e. The number of hydrogen-bond acceptors (Lipinski definition) is 4. The lowest BCUT2D eigenvalue weighted by Crippen LogP contribution is -1.95. The Hall–Kier alpha value is -1.68. The topological polar surface area (TPSA) is 27.7 Å². The summed E-state index contributed by atoms with van der Waals surface area (Å²) in [5.74, 6) is 1.97. The van der Waals surface area contributed by atoms with E-state index in [1.807, 2.05) is 23.6 Å². The molecule has 1 aromatic heterocycles. The molecular weight excluding hydrogens is 236 g/mol. The fraction of sp³-hybridized carbons (Fsp3) is 0.231. The van der Waals surface area contributed by atoms with Crippen molar-refractivity contribution in [2.45, 2.75) is 0 Å². The predicted octanol–water partition coefficient (Wildman–Crippen LogP) is 3.44. The highest BCUT2D eigenvalue weighted by molar-refractivity contribution is 7.13. The Labute approximate surface area is 105 Å². The second-order valence-corrected chi connectivity index (χ2v) is 4.34. The van der Waals surface area contributed by atoms with Gasteiger partial charge in [0.15, 0.2) is 11.5 Å². The van der Waals surface area contributed by atoms with E-state index in [4.69, 9.17) is 14.2 Å². The van der Waals surface area contributed by atoms with E-state index in [1.54, 1.807) is 32.7 Å². The van der Waals surface area contributed by atoms with Crippen LogP contribution >= 0.6 is 11.3 Å². The van der Waals surface area contributed by atoms with Gasteiger partial charge in [-0.2, -0.15) is 0 Å². The molecule has 0 N–H and O–H groups in total. The summed E-state index contributed by atoms with van der Waals surface area (Å²) < 4.78 is 15.9. The van der Waals surface area contributed by atoms with Gasteiger partial charge in [0.2, 0.25) is 5.75 Å². The van der Waals surface area contributed by atoms with Crippen molar-refractivity contribution in [1.29, 1.82) is 0 Å². The van der Waals surface area contributed by atoms with E-state index < -0.39 is 0 Å². The zero-order valence-electron chi connectivity index (χ0n) is 10.0. The molecule has 17 heavy (non-hydrogen) atoms. The molecule has 0 atom stereocenters. The largest absolute Gasteiger partial charge is 0.493 e. The van der Waals surface area contributed by atoms with Gasteiger partial charge in [0.05, 0.1) is 21.3 Å². The van der Waals surface area contributed by atoms with Gasteiger partial charge in [0, 0.05) is 4.88 Å². The Balaban J connectivity index is 2.56. The molecule has 0 radical (unpaired) electrons. The molecule has 1 heterocycles. The first-order valence-electron chi connectivity index (χ1n) is 5.14. The fourth-order valence-electron chi connectivity index (χ4n) is 1.67. The average Bonchev–Trinajstić information content (AvgIpc) is 2.90. The number of hydrogen-bond donors (Lipinski definition) is 0. The molecule has 0 unspecified atom stereocenters. The molecule has 1 aromatic carbocycles. The maximum atomic E-state index is 5.32. The molecule has 3 nitrogen and oxygen atoms in total. The summed E-state index contributed by atoms with van der Waals surface area (Å²) in [6.07, 6.45) is 0. The summed E-state index contributed by atoms with van der Waals surface area (Å²) in [5, 5.41) is 2.04. The Bertz CT molecular complexity index is 466. The minimum atomic E-state index is 0.621. The highest BCUT2D eigenvalue weighted by Gasteiger charge is 2.14. The SMILES string of the molecule is COc1cc(-c2cccs2)cc(OC)c1OC. The van der Waals surface area contributed by atoms with E-state index in [9.17, 15) is 0 Å². The summed E-state index contributed by atoms with van der Waals surface area (Å²) in [7, 11) is 4.84. The van der Waals surface area contributed by atoms with Gasteiger partial charge in [-0.15, -0.1) is 11.3 Å². The van der Waals surface area contributed by atoms with Crippen molar-refractivity contribution in [1.82, 2.24) is 0 Å². The van der Waals surface area contributed by atoms with E-state index in [0.717, 1.165) is 5.56 Å². The van der Waals surface area contributed by atoms with Crippen molar-refractivity contribution >= 4 is 11.3 Å². The van der Waals surface area contributed by atoms with Gasteiger partial charge in [-0.25, -0.2) is 0 Å². The second-order valence-electron chi connectivity index (χ2n) is 3.39. The molecule has 2 aromatic rings. The van der Waals surface area contributed by atoms with E-state index in [2.05, 4.69) is 6.07 Å². The van der Waals surface area contributed by atoms with Crippen molar-refractivity contribution in [2.24, 2.45) is 0 Å². The maximum Gasteiger partial charge on any atom is 0.203 e. The lowest BCUT2D eigenvalue weighted by molar-refractivity contribution is 0.324. The van der Waals surface area contributed by atoms with Crippen LogP contribution in [0.1, 0.15) is 0 Å². The highest BCUT2D eigenvalue weighted by Crippen LogP contribution is 2.41. The summed E-state index contributed by atoms with van der Waals surface area (Å²) >= 11 is 1.68. The van der Waals surface area contributed by atoms with E-state index >= 15 is 0 Å². The Morgan fingerprint density at radius 3 is 2.00 bits per heavy atom. The van der Waals surface area contributed by atoms with Gasteiger partial charge in [-0.1, -0.05) is 6.07 Å². The monoisotopic (exact) mass is 250 g/mol. The molecule has 0 saturated heterocycles. The van der Waals surface area contributed by atoms with Gasteiger partial charge in [-0.3, -0.25) is 0 Å². The van der Waals surface area contributed by atoms with E-state index in [0.29, 0.717) is 17.2 Å². The van der Waals surface area contributed by atoms with Gasteiger partial charge in [0.25, 0.3) is 0 Å². The first kappa shape index (κ1) is 11.8. The maximum absolute atomic E-state index is 5.32. The summed E-state index contributed by atoms with van der Waals surface area (Å²) in [5.41, 5.74) is 1.06. The highest BCUT2D eigenvalue weighted by atomic mass is 32.1. The summed E-state index contributed by atoms with van der Waals surface area (Å²) in [4.78, 5) is 1.17. The zero-order valence-corrected chi connectivity index (χ0v) is 10.8. The minimum Gasteiger partial charge on any atom is -0.493 e. The Kier molecular flexibility index (Phi) is 3.54. The van der Waals surface area contributed by atoms with Crippen LogP contribution in [0.2, 0.25) is 0 Å². The van der Waals surface area contributed by atoms with Crippen molar-refractivity contribution < 1.29 is 14.2 Å². The minimum absolute atomic E-state index is 0.621. The number of thiophene rings is 1. The van der Waals surface area contributed by atoms with Crippen molar-refractivity contribution in [3.05, 3.63) is 29.6 Å². The van der Waals surface area contributed by atoms with Crippen LogP contribution in [0.15, 0.2) is 29.6 Å². The quantitative estimate of drug-likeness (QED) is 0.832. The van der Waals surface area contributed by atoms with Gasteiger partial charge in [0.1, 0.15) is 0 Å². The first-order valence-corrected chi connectivity index (χ1v) is 6.02. The van der Waals surface area contributed by atoms with Crippen LogP contribution in [0.25, 0.3) is 10.4 Å². The van der Waals surface area contributed by atoms with Crippen molar-refractivity contribution in [2.75, 3.05) is 21.3 Å². The van der Waals surface area contributed by atoms with Crippen LogP contribution in [0.3, 0.4) is 0 Å².